The quantitative estimate of drug-likeness (QED) is 0.154. The molecule has 42 heavy (non-hydrogen) atoms. The van der Waals surface area contributed by atoms with E-state index in [9.17, 15) is 4.79 Å². The Morgan fingerprint density at radius 3 is 2.74 bits per heavy atom. The van der Waals surface area contributed by atoms with Crippen molar-refractivity contribution in [1.82, 2.24) is 14.3 Å². The highest BCUT2D eigenvalue weighted by molar-refractivity contribution is 6.05. The molecule has 8 heteroatoms. The Balaban J connectivity index is 1.45. The molecule has 0 saturated heterocycles. The molecule has 7 nitrogen and oxygen atoms in total. The van der Waals surface area contributed by atoms with Crippen molar-refractivity contribution in [3.63, 3.8) is 0 Å². The Bertz CT molecular complexity index is 1770. The number of aromatic nitrogens is 3. The average Bonchev–Trinajstić information content (AvgIpc) is 3.44. The second-order valence-corrected chi connectivity index (χ2v) is 10.7. The highest BCUT2D eigenvalue weighted by Gasteiger charge is 2.29. The second kappa shape index (κ2) is 12.0. The van der Waals surface area contributed by atoms with Crippen molar-refractivity contribution < 1.29 is 23.4 Å². The van der Waals surface area contributed by atoms with Crippen molar-refractivity contribution in [3.05, 3.63) is 83.1 Å². The SMILES string of the molecule is CCOC(=O)c1c(CCCOc2cccc3ccccc23)c2ccc(F)c3c2n1CCCCOCc1nn(C)c(C)c1-3. The van der Waals surface area contributed by atoms with Crippen LogP contribution < -0.4 is 4.74 Å². The van der Waals surface area contributed by atoms with Gasteiger partial charge in [0, 0.05) is 47.8 Å². The molecule has 1 aliphatic heterocycles. The van der Waals surface area contributed by atoms with Crippen molar-refractivity contribution in [1.29, 1.82) is 0 Å². The third-order valence-corrected chi connectivity index (χ3v) is 8.14. The van der Waals surface area contributed by atoms with Gasteiger partial charge in [-0.1, -0.05) is 36.4 Å². The summed E-state index contributed by atoms with van der Waals surface area (Å²) in [7, 11) is 1.86. The molecule has 0 unspecified atom stereocenters. The summed E-state index contributed by atoms with van der Waals surface area (Å²) in [5, 5.41) is 7.72. The zero-order valence-electron chi connectivity index (χ0n) is 24.4. The zero-order valence-corrected chi connectivity index (χ0v) is 24.4. The van der Waals surface area contributed by atoms with Crippen molar-refractivity contribution >= 4 is 27.6 Å². The molecule has 2 aromatic heterocycles. The lowest BCUT2D eigenvalue weighted by Crippen LogP contribution is -2.15. The summed E-state index contributed by atoms with van der Waals surface area (Å²) in [6.07, 6.45) is 2.84. The maximum atomic E-state index is 15.9. The van der Waals surface area contributed by atoms with E-state index in [0.717, 1.165) is 51.6 Å². The van der Waals surface area contributed by atoms with Gasteiger partial charge < -0.3 is 18.8 Å². The Kier molecular flexibility index (Phi) is 7.98. The molecule has 3 aromatic carbocycles. The van der Waals surface area contributed by atoms with E-state index in [0.29, 0.717) is 61.7 Å². The molecule has 0 N–H and O–H groups in total. The fourth-order valence-electron chi connectivity index (χ4n) is 6.14. The van der Waals surface area contributed by atoms with Crippen LogP contribution in [0.15, 0.2) is 54.6 Å². The van der Waals surface area contributed by atoms with Crippen molar-refractivity contribution in [3.8, 4) is 16.9 Å². The van der Waals surface area contributed by atoms with Gasteiger partial charge in [-0.3, -0.25) is 4.68 Å². The number of aryl methyl sites for hydroxylation is 3. The molecule has 0 atom stereocenters. The number of hydrogen-bond donors (Lipinski definition) is 0. The number of ether oxygens (including phenoxy) is 3. The fourth-order valence-corrected chi connectivity index (χ4v) is 6.14. The number of benzene rings is 3. The van der Waals surface area contributed by atoms with Crippen LogP contribution in [0, 0.1) is 12.7 Å². The number of carbonyl (C=O) groups excluding carboxylic acids is 1. The summed E-state index contributed by atoms with van der Waals surface area (Å²) < 4.78 is 37.4. The first-order valence-electron chi connectivity index (χ1n) is 14.7. The van der Waals surface area contributed by atoms with E-state index in [1.54, 1.807) is 17.7 Å². The second-order valence-electron chi connectivity index (χ2n) is 10.7. The summed E-state index contributed by atoms with van der Waals surface area (Å²) in [6.45, 7) is 5.88. The summed E-state index contributed by atoms with van der Waals surface area (Å²) in [5.74, 6) is 0.0974. The maximum Gasteiger partial charge on any atom is 0.355 e. The molecule has 6 rings (SSSR count). The van der Waals surface area contributed by atoms with Crippen molar-refractivity contribution in [2.24, 2.45) is 7.05 Å². The molecule has 0 fully saturated rings. The van der Waals surface area contributed by atoms with Crippen LogP contribution in [0.4, 0.5) is 4.39 Å². The molecule has 0 bridgehead atoms. The number of fused-ring (bicyclic) bond motifs is 3. The van der Waals surface area contributed by atoms with Crippen LogP contribution in [-0.2, 0) is 36.1 Å². The van der Waals surface area contributed by atoms with Gasteiger partial charge in [0.15, 0.2) is 0 Å². The Hall–Kier alpha value is -4.17. The number of rotatable bonds is 7. The summed E-state index contributed by atoms with van der Waals surface area (Å²) in [5.41, 5.74) is 4.79. The van der Waals surface area contributed by atoms with Crippen LogP contribution in [-0.4, -0.2) is 40.1 Å². The molecule has 0 radical (unpaired) electrons. The van der Waals surface area contributed by atoms with Gasteiger partial charge in [-0.2, -0.15) is 5.10 Å². The smallest absolute Gasteiger partial charge is 0.355 e. The lowest BCUT2D eigenvalue weighted by atomic mass is 9.97. The summed E-state index contributed by atoms with van der Waals surface area (Å²) in [4.78, 5) is 13.6. The van der Waals surface area contributed by atoms with E-state index < -0.39 is 0 Å². The van der Waals surface area contributed by atoms with Gasteiger partial charge >= 0.3 is 5.97 Å². The topological polar surface area (TPSA) is 67.5 Å². The molecule has 0 amide bonds. The molecular formula is C34H36FN3O4. The van der Waals surface area contributed by atoms with Crippen LogP contribution >= 0.6 is 0 Å². The molecule has 3 heterocycles. The Morgan fingerprint density at radius 2 is 1.88 bits per heavy atom. The van der Waals surface area contributed by atoms with Gasteiger partial charge in [0.05, 0.1) is 31.0 Å². The third kappa shape index (κ3) is 5.04. The van der Waals surface area contributed by atoms with Crippen LogP contribution in [0.2, 0.25) is 0 Å². The number of esters is 1. The van der Waals surface area contributed by atoms with Crippen LogP contribution in [0.1, 0.15) is 53.6 Å². The van der Waals surface area contributed by atoms with Crippen LogP contribution in [0.5, 0.6) is 5.75 Å². The number of halogens is 1. The molecule has 0 saturated carbocycles. The normalized spacial score (nSPS) is 13.6. The number of nitrogens with zero attached hydrogens (tertiary/aromatic N) is 3. The predicted octanol–water partition coefficient (Wildman–Crippen LogP) is 7.14. The average molecular weight is 570 g/mol. The van der Waals surface area contributed by atoms with Gasteiger partial charge in [0.1, 0.15) is 17.3 Å². The Morgan fingerprint density at radius 1 is 1.05 bits per heavy atom. The van der Waals surface area contributed by atoms with Crippen LogP contribution in [0.25, 0.3) is 32.8 Å². The van der Waals surface area contributed by atoms with Gasteiger partial charge in [-0.05, 0) is 68.7 Å². The van der Waals surface area contributed by atoms with E-state index in [-0.39, 0.29) is 18.4 Å². The van der Waals surface area contributed by atoms with E-state index in [4.69, 9.17) is 14.2 Å². The monoisotopic (exact) mass is 569 g/mol. The standard InChI is InChI=1S/C34H36FN3O4/c1-4-41-34(39)33-25(14-10-20-42-29-15-9-12-23-11-5-6-13-24(23)29)26-16-17-27(35)31-30-22(2)37(3)36-28(30)21-40-19-8-7-18-38(33)32(26)31/h5-6,9,11-13,15-17H,4,7-8,10,14,18-21H2,1-3H3. The predicted molar refractivity (Wildman–Crippen MR) is 161 cm³/mol. The van der Waals surface area contributed by atoms with E-state index >= 15 is 4.39 Å². The first-order valence-corrected chi connectivity index (χ1v) is 14.7. The molecular weight excluding hydrogens is 533 g/mol. The Labute approximate surface area is 244 Å². The van der Waals surface area contributed by atoms with Gasteiger partial charge in [0.2, 0.25) is 0 Å². The molecule has 1 aliphatic rings. The first-order chi connectivity index (χ1) is 20.5. The first kappa shape index (κ1) is 28.0. The van der Waals surface area contributed by atoms with Crippen molar-refractivity contribution in [2.45, 2.75) is 52.7 Å². The van der Waals surface area contributed by atoms with Crippen LogP contribution in [0.3, 0.4) is 0 Å². The fraction of sp³-hybridized carbons (Fsp3) is 0.353. The molecule has 0 aliphatic carbocycles. The minimum Gasteiger partial charge on any atom is -0.493 e. The highest BCUT2D eigenvalue weighted by atomic mass is 19.1. The van der Waals surface area contributed by atoms with E-state index in [1.807, 2.05) is 42.8 Å². The van der Waals surface area contributed by atoms with E-state index in [1.165, 1.54) is 6.07 Å². The van der Waals surface area contributed by atoms with E-state index in [2.05, 4.69) is 23.3 Å². The third-order valence-electron chi connectivity index (χ3n) is 8.14. The minimum atomic E-state index is -0.390. The highest BCUT2D eigenvalue weighted by Crippen LogP contribution is 2.40. The number of hydrogen-bond acceptors (Lipinski definition) is 5. The van der Waals surface area contributed by atoms with Gasteiger partial charge in [0.25, 0.3) is 0 Å². The van der Waals surface area contributed by atoms with Gasteiger partial charge in [-0.15, -0.1) is 0 Å². The summed E-state index contributed by atoms with van der Waals surface area (Å²) in [6, 6.07) is 17.5. The minimum absolute atomic E-state index is 0.255. The lowest BCUT2D eigenvalue weighted by Gasteiger charge is -2.14. The van der Waals surface area contributed by atoms with Gasteiger partial charge in [-0.25, -0.2) is 9.18 Å². The maximum absolute atomic E-state index is 15.9. The summed E-state index contributed by atoms with van der Waals surface area (Å²) >= 11 is 0. The zero-order chi connectivity index (χ0) is 29.2. The molecule has 0 spiro atoms. The molecule has 218 valence electrons. The largest absolute Gasteiger partial charge is 0.493 e. The van der Waals surface area contributed by atoms with Crippen molar-refractivity contribution in [2.75, 3.05) is 19.8 Å². The lowest BCUT2D eigenvalue weighted by molar-refractivity contribution is 0.0512. The molecule has 5 aromatic rings. The number of carbonyl (C=O) groups is 1.